The lowest BCUT2D eigenvalue weighted by atomic mass is 10.2. The highest BCUT2D eigenvalue weighted by Gasteiger charge is 2.19. The SMILES string of the molecule is CC(Sc1nnnn1-c1cccc(F)c1)C(=O)NCc1ccc(Cl)cc1. The largest absolute Gasteiger partial charge is 0.351 e. The molecule has 0 aliphatic carbocycles. The van der Waals surface area contributed by atoms with E-state index in [1.807, 2.05) is 12.1 Å². The fourth-order valence-electron chi connectivity index (χ4n) is 2.17. The van der Waals surface area contributed by atoms with E-state index in [9.17, 15) is 9.18 Å². The van der Waals surface area contributed by atoms with Gasteiger partial charge in [0.2, 0.25) is 11.1 Å². The predicted molar refractivity (Wildman–Crippen MR) is 97.7 cm³/mol. The average molecular weight is 392 g/mol. The molecule has 0 saturated heterocycles. The van der Waals surface area contributed by atoms with Gasteiger partial charge in [0, 0.05) is 11.6 Å². The normalized spacial score (nSPS) is 12.0. The first-order valence-corrected chi connectivity index (χ1v) is 9.02. The van der Waals surface area contributed by atoms with Crippen molar-refractivity contribution in [1.82, 2.24) is 25.5 Å². The van der Waals surface area contributed by atoms with Crippen LogP contribution in [0.2, 0.25) is 5.02 Å². The van der Waals surface area contributed by atoms with Crippen molar-refractivity contribution in [2.45, 2.75) is 23.9 Å². The summed E-state index contributed by atoms with van der Waals surface area (Å²) in [5.74, 6) is -0.540. The highest BCUT2D eigenvalue weighted by atomic mass is 35.5. The van der Waals surface area contributed by atoms with Crippen LogP contribution in [0.3, 0.4) is 0 Å². The van der Waals surface area contributed by atoms with Crippen molar-refractivity contribution in [2.24, 2.45) is 0 Å². The molecule has 1 amide bonds. The molecule has 0 radical (unpaired) electrons. The molecule has 0 saturated carbocycles. The Morgan fingerprint density at radius 3 is 2.81 bits per heavy atom. The third-order valence-corrected chi connectivity index (χ3v) is 4.81. The second kappa shape index (κ2) is 8.29. The fourth-order valence-corrected chi connectivity index (χ4v) is 3.13. The second-order valence-corrected chi connectivity index (χ2v) is 7.20. The molecule has 1 atom stereocenters. The number of nitrogens with one attached hydrogen (secondary N) is 1. The van der Waals surface area contributed by atoms with Gasteiger partial charge < -0.3 is 5.32 Å². The molecule has 1 N–H and O–H groups in total. The number of aromatic nitrogens is 4. The number of hydrogen-bond acceptors (Lipinski definition) is 5. The van der Waals surface area contributed by atoms with Crippen molar-refractivity contribution in [3.63, 3.8) is 0 Å². The monoisotopic (exact) mass is 391 g/mol. The summed E-state index contributed by atoms with van der Waals surface area (Å²) in [6.07, 6.45) is 0. The fraction of sp³-hybridized carbons (Fsp3) is 0.176. The zero-order valence-corrected chi connectivity index (χ0v) is 15.3. The van der Waals surface area contributed by atoms with Crippen LogP contribution in [-0.4, -0.2) is 31.4 Å². The summed E-state index contributed by atoms with van der Waals surface area (Å²) in [6.45, 7) is 2.15. The highest BCUT2D eigenvalue weighted by molar-refractivity contribution is 8.00. The molecule has 9 heteroatoms. The number of nitrogens with zero attached hydrogens (tertiary/aromatic N) is 4. The van der Waals surface area contributed by atoms with E-state index in [0.717, 1.165) is 5.56 Å². The molecular formula is C17H15ClFN5OS. The van der Waals surface area contributed by atoms with Gasteiger partial charge >= 0.3 is 0 Å². The van der Waals surface area contributed by atoms with Gasteiger partial charge in [-0.3, -0.25) is 4.79 Å². The first kappa shape index (κ1) is 18.3. The number of tetrazole rings is 1. The maximum absolute atomic E-state index is 13.4. The van der Waals surface area contributed by atoms with Gasteiger partial charge in [-0.15, -0.1) is 5.10 Å². The molecule has 0 aliphatic heterocycles. The Bertz CT molecular complexity index is 902. The summed E-state index contributed by atoms with van der Waals surface area (Å²) in [5, 5.41) is 14.9. The van der Waals surface area contributed by atoms with Crippen LogP contribution in [0.5, 0.6) is 0 Å². The van der Waals surface area contributed by atoms with Gasteiger partial charge in [-0.1, -0.05) is 41.6 Å². The number of hydrogen-bond donors (Lipinski definition) is 1. The standard InChI is InChI=1S/C17H15ClFN5OS/c1-11(16(25)20-10-12-5-7-13(18)8-6-12)26-17-21-22-23-24(17)15-4-2-3-14(19)9-15/h2-9,11H,10H2,1H3,(H,20,25). The summed E-state index contributed by atoms with van der Waals surface area (Å²) in [7, 11) is 0. The predicted octanol–water partition coefficient (Wildman–Crippen LogP) is 3.25. The summed E-state index contributed by atoms with van der Waals surface area (Å²) < 4.78 is 14.8. The Hall–Kier alpha value is -2.45. The van der Waals surface area contributed by atoms with E-state index in [0.29, 0.717) is 22.4 Å². The number of rotatable bonds is 6. The van der Waals surface area contributed by atoms with E-state index >= 15 is 0 Å². The molecule has 3 aromatic rings. The highest BCUT2D eigenvalue weighted by Crippen LogP contribution is 2.23. The van der Waals surface area contributed by atoms with Crippen LogP contribution < -0.4 is 5.32 Å². The topological polar surface area (TPSA) is 72.7 Å². The van der Waals surface area contributed by atoms with Crippen LogP contribution in [-0.2, 0) is 11.3 Å². The minimum Gasteiger partial charge on any atom is -0.351 e. The molecule has 0 fully saturated rings. The Labute approximate surface area is 158 Å². The van der Waals surface area contributed by atoms with Crippen molar-refractivity contribution >= 4 is 29.3 Å². The van der Waals surface area contributed by atoms with E-state index in [4.69, 9.17) is 11.6 Å². The number of thioether (sulfide) groups is 1. The van der Waals surface area contributed by atoms with Crippen molar-refractivity contribution < 1.29 is 9.18 Å². The number of halogens is 2. The van der Waals surface area contributed by atoms with E-state index in [2.05, 4.69) is 20.8 Å². The molecule has 0 spiro atoms. The molecule has 2 aromatic carbocycles. The van der Waals surface area contributed by atoms with E-state index in [-0.39, 0.29) is 11.7 Å². The van der Waals surface area contributed by atoms with Crippen LogP contribution in [0.4, 0.5) is 4.39 Å². The van der Waals surface area contributed by atoms with Gasteiger partial charge in [0.1, 0.15) is 5.82 Å². The lowest BCUT2D eigenvalue weighted by Crippen LogP contribution is -2.30. The third-order valence-electron chi connectivity index (χ3n) is 3.53. The summed E-state index contributed by atoms with van der Waals surface area (Å²) in [5.41, 5.74) is 1.44. The molecule has 1 aromatic heterocycles. The lowest BCUT2D eigenvalue weighted by molar-refractivity contribution is -0.120. The smallest absolute Gasteiger partial charge is 0.233 e. The van der Waals surface area contributed by atoms with Crippen molar-refractivity contribution in [3.05, 3.63) is 64.9 Å². The quantitative estimate of drug-likeness (QED) is 0.653. The maximum Gasteiger partial charge on any atom is 0.233 e. The second-order valence-electron chi connectivity index (χ2n) is 5.46. The molecule has 0 aliphatic rings. The first-order chi connectivity index (χ1) is 12.5. The van der Waals surface area contributed by atoms with Crippen LogP contribution in [0.15, 0.2) is 53.7 Å². The van der Waals surface area contributed by atoms with Crippen LogP contribution in [0.25, 0.3) is 5.69 Å². The summed E-state index contributed by atoms with van der Waals surface area (Å²) in [4.78, 5) is 12.3. The molecular weight excluding hydrogens is 377 g/mol. The zero-order valence-electron chi connectivity index (χ0n) is 13.8. The van der Waals surface area contributed by atoms with E-state index in [1.165, 1.54) is 28.6 Å². The van der Waals surface area contributed by atoms with Gasteiger partial charge in [0.25, 0.3) is 0 Å². The maximum atomic E-state index is 13.4. The number of benzene rings is 2. The molecule has 1 heterocycles. The molecule has 134 valence electrons. The Morgan fingerprint density at radius 2 is 2.08 bits per heavy atom. The molecule has 0 bridgehead atoms. The third kappa shape index (κ3) is 4.59. The lowest BCUT2D eigenvalue weighted by Gasteiger charge is -2.12. The Kier molecular flexibility index (Phi) is 5.85. The molecule has 1 unspecified atom stereocenters. The molecule has 6 nitrogen and oxygen atoms in total. The number of carbonyl (C=O) groups excluding carboxylic acids is 1. The van der Waals surface area contributed by atoms with Gasteiger partial charge in [0.15, 0.2) is 0 Å². The van der Waals surface area contributed by atoms with Crippen molar-refractivity contribution in [2.75, 3.05) is 0 Å². The van der Waals surface area contributed by atoms with Crippen LogP contribution in [0, 0.1) is 5.82 Å². The van der Waals surface area contributed by atoms with Crippen LogP contribution in [0.1, 0.15) is 12.5 Å². The average Bonchev–Trinajstić information content (AvgIpc) is 3.09. The Balaban J connectivity index is 1.63. The summed E-state index contributed by atoms with van der Waals surface area (Å²) >= 11 is 7.04. The zero-order chi connectivity index (χ0) is 18.5. The van der Waals surface area contributed by atoms with Gasteiger partial charge in [-0.05, 0) is 53.2 Å². The Morgan fingerprint density at radius 1 is 1.31 bits per heavy atom. The van der Waals surface area contributed by atoms with E-state index in [1.54, 1.807) is 31.2 Å². The number of carbonyl (C=O) groups is 1. The van der Waals surface area contributed by atoms with Gasteiger partial charge in [-0.2, -0.15) is 4.68 Å². The minimum absolute atomic E-state index is 0.154. The minimum atomic E-state index is -0.430. The van der Waals surface area contributed by atoms with Gasteiger partial charge in [0.05, 0.1) is 10.9 Å². The van der Waals surface area contributed by atoms with Crippen molar-refractivity contribution in [1.29, 1.82) is 0 Å². The van der Waals surface area contributed by atoms with E-state index < -0.39 is 5.25 Å². The first-order valence-electron chi connectivity index (χ1n) is 7.76. The van der Waals surface area contributed by atoms with Crippen LogP contribution >= 0.6 is 23.4 Å². The summed E-state index contributed by atoms with van der Waals surface area (Å²) in [6, 6.07) is 13.2. The number of amides is 1. The van der Waals surface area contributed by atoms with Gasteiger partial charge in [-0.25, -0.2) is 4.39 Å². The molecule has 26 heavy (non-hydrogen) atoms. The molecule has 3 rings (SSSR count). The van der Waals surface area contributed by atoms with Crippen molar-refractivity contribution in [3.8, 4) is 5.69 Å².